The molecule has 0 atom stereocenters. The number of fused-ring (bicyclic) bond motifs is 1. The van der Waals surface area contributed by atoms with Gasteiger partial charge < -0.3 is 4.90 Å². The fourth-order valence-corrected chi connectivity index (χ4v) is 2.38. The molecular formula is C15H16N2. The molecule has 2 nitrogen and oxygen atoms in total. The van der Waals surface area contributed by atoms with Crippen LogP contribution in [0.5, 0.6) is 0 Å². The Morgan fingerprint density at radius 3 is 2.76 bits per heavy atom. The minimum absolute atomic E-state index is 0.979. The lowest BCUT2D eigenvalue weighted by molar-refractivity contribution is 0.720. The zero-order chi connectivity index (χ0) is 11.7. The molecule has 0 bridgehead atoms. The first-order valence-corrected chi connectivity index (χ1v) is 6.07. The normalized spacial score (nSPS) is 14.5. The van der Waals surface area contributed by atoms with Crippen LogP contribution in [0.1, 0.15) is 16.7 Å². The molecule has 0 N–H and O–H groups in total. The molecule has 0 spiro atoms. The van der Waals surface area contributed by atoms with Crippen LogP contribution < -0.4 is 4.90 Å². The number of pyridine rings is 1. The predicted molar refractivity (Wildman–Crippen MR) is 70.2 cm³/mol. The van der Waals surface area contributed by atoms with E-state index in [1.54, 1.807) is 0 Å². The molecule has 2 heteroatoms. The molecule has 1 aromatic carbocycles. The van der Waals surface area contributed by atoms with Crippen LogP contribution in [0.4, 0.5) is 5.82 Å². The Hall–Kier alpha value is -1.83. The Morgan fingerprint density at radius 1 is 1.12 bits per heavy atom. The van der Waals surface area contributed by atoms with Gasteiger partial charge in [0.2, 0.25) is 0 Å². The third kappa shape index (κ3) is 2.03. The summed E-state index contributed by atoms with van der Waals surface area (Å²) in [5, 5.41) is 0. The lowest BCUT2D eigenvalue weighted by Crippen LogP contribution is -2.30. The summed E-state index contributed by atoms with van der Waals surface area (Å²) in [6, 6.07) is 12.9. The number of nitrogens with zero attached hydrogens (tertiary/aromatic N) is 2. The highest BCUT2D eigenvalue weighted by Gasteiger charge is 2.16. The molecule has 2 heterocycles. The van der Waals surface area contributed by atoms with E-state index in [-0.39, 0.29) is 0 Å². The maximum Gasteiger partial charge on any atom is 0.129 e. The molecule has 0 radical (unpaired) electrons. The fourth-order valence-electron chi connectivity index (χ4n) is 2.38. The van der Waals surface area contributed by atoms with E-state index < -0.39 is 0 Å². The molecule has 0 saturated carbocycles. The molecular weight excluding hydrogens is 208 g/mol. The van der Waals surface area contributed by atoms with Crippen LogP contribution in [0.3, 0.4) is 0 Å². The summed E-state index contributed by atoms with van der Waals surface area (Å²) < 4.78 is 0. The molecule has 0 amide bonds. The van der Waals surface area contributed by atoms with E-state index in [9.17, 15) is 0 Å². The Labute approximate surface area is 102 Å². The second kappa shape index (κ2) is 4.21. The van der Waals surface area contributed by atoms with Crippen molar-refractivity contribution in [2.75, 3.05) is 11.4 Å². The highest BCUT2D eigenvalue weighted by molar-refractivity contribution is 5.45. The van der Waals surface area contributed by atoms with Gasteiger partial charge in [0.15, 0.2) is 0 Å². The molecule has 17 heavy (non-hydrogen) atoms. The van der Waals surface area contributed by atoms with Gasteiger partial charge in [0.1, 0.15) is 5.82 Å². The van der Waals surface area contributed by atoms with Crippen LogP contribution in [0.25, 0.3) is 0 Å². The van der Waals surface area contributed by atoms with Crippen LogP contribution in [-0.2, 0) is 13.0 Å². The molecule has 1 aromatic heterocycles. The minimum Gasteiger partial charge on any atom is -0.352 e. The van der Waals surface area contributed by atoms with Crippen molar-refractivity contribution < 1.29 is 0 Å². The van der Waals surface area contributed by atoms with E-state index in [1.165, 1.54) is 16.7 Å². The van der Waals surface area contributed by atoms with Gasteiger partial charge in [-0.2, -0.15) is 0 Å². The maximum absolute atomic E-state index is 4.46. The zero-order valence-corrected chi connectivity index (χ0v) is 10.1. The number of rotatable bonds is 1. The summed E-state index contributed by atoms with van der Waals surface area (Å²) in [5.41, 5.74) is 4.19. The second-order valence-electron chi connectivity index (χ2n) is 4.63. The largest absolute Gasteiger partial charge is 0.352 e. The van der Waals surface area contributed by atoms with Crippen molar-refractivity contribution in [3.05, 3.63) is 59.3 Å². The summed E-state index contributed by atoms with van der Waals surface area (Å²) >= 11 is 0. The van der Waals surface area contributed by atoms with Crippen molar-refractivity contribution in [1.29, 1.82) is 0 Å². The molecule has 2 aromatic rings. The third-order valence-corrected chi connectivity index (χ3v) is 3.36. The number of benzene rings is 1. The van der Waals surface area contributed by atoms with Gasteiger partial charge in [-0.1, -0.05) is 24.3 Å². The number of aromatic nitrogens is 1. The quantitative estimate of drug-likeness (QED) is 0.740. The van der Waals surface area contributed by atoms with Gasteiger partial charge in [-0.3, -0.25) is 0 Å². The first-order valence-electron chi connectivity index (χ1n) is 6.07. The fraction of sp³-hybridized carbons (Fsp3) is 0.267. The lowest BCUT2D eigenvalue weighted by atomic mass is 10.00. The molecule has 1 aliphatic rings. The topological polar surface area (TPSA) is 16.1 Å². The molecule has 0 fully saturated rings. The number of anilines is 1. The van der Waals surface area contributed by atoms with Gasteiger partial charge >= 0.3 is 0 Å². The average Bonchev–Trinajstić information content (AvgIpc) is 2.38. The summed E-state index contributed by atoms with van der Waals surface area (Å²) in [6.07, 6.45) is 3.01. The van der Waals surface area contributed by atoms with E-state index in [2.05, 4.69) is 47.1 Å². The van der Waals surface area contributed by atoms with Gasteiger partial charge in [0.25, 0.3) is 0 Å². The van der Waals surface area contributed by atoms with Crippen molar-refractivity contribution in [3.63, 3.8) is 0 Å². The minimum atomic E-state index is 0.979. The predicted octanol–water partition coefficient (Wildman–Crippen LogP) is 2.95. The second-order valence-corrected chi connectivity index (χ2v) is 4.63. The Balaban J connectivity index is 1.89. The number of aryl methyl sites for hydroxylation is 1. The van der Waals surface area contributed by atoms with Gasteiger partial charge in [-0.05, 0) is 42.2 Å². The first-order chi connectivity index (χ1) is 8.33. The average molecular weight is 224 g/mol. The smallest absolute Gasteiger partial charge is 0.129 e. The van der Waals surface area contributed by atoms with Crippen LogP contribution >= 0.6 is 0 Å². The standard InChI is InChI=1S/C15H16N2/c1-12-6-8-16-15(10-12)17-9-7-13-4-2-3-5-14(13)11-17/h2-6,8,10H,7,9,11H2,1H3. The van der Waals surface area contributed by atoms with E-state index >= 15 is 0 Å². The molecule has 0 saturated heterocycles. The molecule has 86 valence electrons. The van der Waals surface area contributed by atoms with E-state index in [0.717, 1.165) is 25.3 Å². The van der Waals surface area contributed by atoms with Crippen LogP contribution in [-0.4, -0.2) is 11.5 Å². The van der Waals surface area contributed by atoms with Crippen molar-refractivity contribution in [2.24, 2.45) is 0 Å². The van der Waals surface area contributed by atoms with Gasteiger partial charge in [0, 0.05) is 19.3 Å². The molecule has 3 rings (SSSR count). The monoisotopic (exact) mass is 224 g/mol. The van der Waals surface area contributed by atoms with Crippen molar-refractivity contribution in [1.82, 2.24) is 4.98 Å². The number of hydrogen-bond donors (Lipinski definition) is 0. The summed E-state index contributed by atoms with van der Waals surface area (Å²) in [5.74, 6) is 1.10. The molecule has 0 aliphatic carbocycles. The van der Waals surface area contributed by atoms with Gasteiger partial charge in [0.05, 0.1) is 0 Å². The van der Waals surface area contributed by atoms with Crippen LogP contribution in [0.15, 0.2) is 42.6 Å². The third-order valence-electron chi connectivity index (χ3n) is 3.36. The molecule has 0 unspecified atom stereocenters. The van der Waals surface area contributed by atoms with Crippen molar-refractivity contribution >= 4 is 5.82 Å². The maximum atomic E-state index is 4.46. The van der Waals surface area contributed by atoms with Gasteiger partial charge in [-0.15, -0.1) is 0 Å². The van der Waals surface area contributed by atoms with Crippen LogP contribution in [0.2, 0.25) is 0 Å². The Kier molecular flexibility index (Phi) is 2.56. The highest BCUT2D eigenvalue weighted by atomic mass is 15.2. The van der Waals surface area contributed by atoms with Crippen molar-refractivity contribution in [3.8, 4) is 0 Å². The van der Waals surface area contributed by atoms with Gasteiger partial charge in [-0.25, -0.2) is 4.98 Å². The van der Waals surface area contributed by atoms with E-state index in [4.69, 9.17) is 0 Å². The highest BCUT2D eigenvalue weighted by Crippen LogP contribution is 2.23. The SMILES string of the molecule is Cc1ccnc(N2CCc3ccccc3C2)c1. The van der Waals surface area contributed by atoms with Crippen LogP contribution in [0, 0.1) is 6.92 Å². The number of hydrogen-bond acceptors (Lipinski definition) is 2. The summed E-state index contributed by atoms with van der Waals surface area (Å²) in [6.45, 7) is 4.16. The van der Waals surface area contributed by atoms with E-state index in [1.807, 2.05) is 12.3 Å². The zero-order valence-electron chi connectivity index (χ0n) is 10.1. The Morgan fingerprint density at radius 2 is 1.94 bits per heavy atom. The summed E-state index contributed by atoms with van der Waals surface area (Å²) in [7, 11) is 0. The Bertz CT molecular complexity index is 534. The van der Waals surface area contributed by atoms with E-state index in [0.29, 0.717) is 0 Å². The van der Waals surface area contributed by atoms with Crippen molar-refractivity contribution in [2.45, 2.75) is 19.9 Å². The summed E-state index contributed by atoms with van der Waals surface area (Å²) in [4.78, 5) is 6.82. The first kappa shape index (κ1) is 10.3. The molecule has 1 aliphatic heterocycles. The lowest BCUT2D eigenvalue weighted by Gasteiger charge is -2.29.